The summed E-state index contributed by atoms with van der Waals surface area (Å²) in [6.07, 6.45) is 0. The van der Waals surface area contributed by atoms with E-state index in [-0.39, 0.29) is 5.41 Å². The molecule has 0 aromatic heterocycles. The van der Waals surface area contributed by atoms with Gasteiger partial charge in [-0.15, -0.1) is 0 Å². The van der Waals surface area contributed by atoms with E-state index in [1.807, 2.05) is 6.07 Å². The highest BCUT2D eigenvalue weighted by molar-refractivity contribution is 9.10. The fourth-order valence-electron chi connectivity index (χ4n) is 1.87. The summed E-state index contributed by atoms with van der Waals surface area (Å²) in [4.78, 5) is 2.31. The predicted octanol–water partition coefficient (Wildman–Crippen LogP) is 3.78. The van der Waals surface area contributed by atoms with E-state index >= 15 is 0 Å². The fraction of sp³-hybridized carbons (Fsp3) is 0.571. The molecule has 0 amide bonds. The van der Waals surface area contributed by atoms with Crippen LogP contribution in [0.25, 0.3) is 0 Å². The van der Waals surface area contributed by atoms with Crippen LogP contribution < -0.4 is 10.6 Å². The standard InChI is InChI=1S/C14H23BrN2/c1-10(14(2,3)4)17(5)13-8-6-7-12(15)11(13)9-16/h6-8,10H,9,16H2,1-5H3. The summed E-state index contributed by atoms with van der Waals surface area (Å²) < 4.78 is 1.09. The second-order valence-corrected chi connectivity index (χ2v) is 6.45. The Balaban J connectivity index is 3.12. The van der Waals surface area contributed by atoms with Gasteiger partial charge in [-0.05, 0) is 24.5 Å². The van der Waals surface area contributed by atoms with Gasteiger partial charge in [0.05, 0.1) is 0 Å². The van der Waals surface area contributed by atoms with Gasteiger partial charge in [-0.2, -0.15) is 0 Å². The van der Waals surface area contributed by atoms with Gasteiger partial charge in [0.1, 0.15) is 0 Å². The third kappa shape index (κ3) is 3.23. The van der Waals surface area contributed by atoms with Crippen molar-refractivity contribution in [2.24, 2.45) is 11.1 Å². The third-order valence-corrected chi connectivity index (χ3v) is 4.26. The van der Waals surface area contributed by atoms with Crippen molar-refractivity contribution in [1.82, 2.24) is 0 Å². The zero-order valence-electron chi connectivity index (χ0n) is 11.4. The van der Waals surface area contributed by atoms with E-state index in [1.165, 1.54) is 11.3 Å². The molecule has 0 aliphatic heterocycles. The summed E-state index contributed by atoms with van der Waals surface area (Å²) in [5, 5.41) is 0. The molecule has 0 spiro atoms. The summed E-state index contributed by atoms with van der Waals surface area (Å²) in [6.45, 7) is 9.58. The Morgan fingerprint density at radius 2 is 1.94 bits per heavy atom. The lowest BCUT2D eigenvalue weighted by molar-refractivity contribution is 0.329. The van der Waals surface area contributed by atoms with E-state index in [4.69, 9.17) is 5.73 Å². The number of hydrogen-bond acceptors (Lipinski definition) is 2. The highest BCUT2D eigenvalue weighted by Gasteiger charge is 2.25. The lowest BCUT2D eigenvalue weighted by Crippen LogP contribution is -2.40. The topological polar surface area (TPSA) is 29.3 Å². The molecule has 3 heteroatoms. The molecule has 96 valence electrons. The van der Waals surface area contributed by atoms with Crippen molar-refractivity contribution < 1.29 is 0 Å². The van der Waals surface area contributed by atoms with Gasteiger partial charge in [0.15, 0.2) is 0 Å². The first-order valence-corrected chi connectivity index (χ1v) is 6.78. The molecule has 1 aromatic carbocycles. The normalized spacial score (nSPS) is 13.6. The van der Waals surface area contributed by atoms with Gasteiger partial charge in [0, 0.05) is 35.4 Å². The molecule has 2 N–H and O–H groups in total. The smallest absolute Gasteiger partial charge is 0.0423 e. The SMILES string of the molecule is CC(N(C)c1cccc(Br)c1CN)C(C)(C)C. The summed E-state index contributed by atoms with van der Waals surface area (Å²) in [5.41, 5.74) is 8.47. The molecule has 0 bridgehead atoms. The number of benzene rings is 1. The molecule has 0 heterocycles. The molecular weight excluding hydrogens is 276 g/mol. The molecule has 0 radical (unpaired) electrons. The van der Waals surface area contributed by atoms with Gasteiger partial charge in [0.2, 0.25) is 0 Å². The largest absolute Gasteiger partial charge is 0.371 e. The van der Waals surface area contributed by atoms with Crippen LogP contribution in [0.15, 0.2) is 22.7 Å². The first kappa shape index (κ1) is 14.5. The number of nitrogens with two attached hydrogens (primary N) is 1. The van der Waals surface area contributed by atoms with Crippen molar-refractivity contribution in [3.8, 4) is 0 Å². The molecule has 17 heavy (non-hydrogen) atoms. The van der Waals surface area contributed by atoms with Gasteiger partial charge < -0.3 is 10.6 Å². The van der Waals surface area contributed by atoms with Crippen molar-refractivity contribution in [2.45, 2.75) is 40.3 Å². The molecule has 1 rings (SSSR count). The molecule has 1 atom stereocenters. The monoisotopic (exact) mass is 298 g/mol. The zero-order chi connectivity index (χ0) is 13.2. The zero-order valence-corrected chi connectivity index (χ0v) is 13.0. The van der Waals surface area contributed by atoms with E-state index in [2.05, 4.69) is 67.7 Å². The molecule has 0 aliphatic carbocycles. The van der Waals surface area contributed by atoms with Crippen LogP contribution in [0, 0.1) is 5.41 Å². The second-order valence-electron chi connectivity index (χ2n) is 5.59. The molecule has 1 unspecified atom stereocenters. The number of nitrogens with zero attached hydrogens (tertiary/aromatic N) is 1. The molecular formula is C14H23BrN2. The number of hydrogen-bond donors (Lipinski definition) is 1. The Morgan fingerprint density at radius 3 is 2.41 bits per heavy atom. The first-order valence-electron chi connectivity index (χ1n) is 5.99. The van der Waals surface area contributed by atoms with E-state index in [1.54, 1.807) is 0 Å². The van der Waals surface area contributed by atoms with Crippen molar-refractivity contribution in [2.75, 3.05) is 11.9 Å². The van der Waals surface area contributed by atoms with Crippen molar-refractivity contribution in [3.05, 3.63) is 28.2 Å². The van der Waals surface area contributed by atoms with E-state index in [0.717, 1.165) is 4.47 Å². The quantitative estimate of drug-likeness (QED) is 0.920. The Hall–Kier alpha value is -0.540. The minimum atomic E-state index is 0.239. The summed E-state index contributed by atoms with van der Waals surface area (Å²) in [6, 6.07) is 6.68. The number of anilines is 1. The number of rotatable bonds is 3. The first-order chi connectivity index (χ1) is 7.79. The molecule has 0 aliphatic rings. The maximum Gasteiger partial charge on any atom is 0.0423 e. The van der Waals surface area contributed by atoms with Gasteiger partial charge in [-0.3, -0.25) is 0 Å². The van der Waals surface area contributed by atoms with E-state index < -0.39 is 0 Å². The third-order valence-electron chi connectivity index (χ3n) is 3.51. The number of halogens is 1. The molecule has 0 fully saturated rings. The maximum absolute atomic E-state index is 5.84. The highest BCUT2D eigenvalue weighted by atomic mass is 79.9. The average molecular weight is 299 g/mol. The fourth-order valence-corrected chi connectivity index (χ4v) is 2.39. The maximum atomic E-state index is 5.84. The Morgan fingerprint density at radius 1 is 1.35 bits per heavy atom. The van der Waals surface area contributed by atoms with Crippen LogP contribution >= 0.6 is 15.9 Å². The molecule has 2 nitrogen and oxygen atoms in total. The Kier molecular flexibility index (Phi) is 4.62. The van der Waals surface area contributed by atoms with Gasteiger partial charge >= 0.3 is 0 Å². The predicted molar refractivity (Wildman–Crippen MR) is 79.4 cm³/mol. The van der Waals surface area contributed by atoms with Gasteiger partial charge in [0.25, 0.3) is 0 Å². The van der Waals surface area contributed by atoms with E-state index in [0.29, 0.717) is 12.6 Å². The molecule has 0 saturated heterocycles. The van der Waals surface area contributed by atoms with Crippen molar-refractivity contribution in [1.29, 1.82) is 0 Å². The van der Waals surface area contributed by atoms with Crippen LogP contribution in [0.3, 0.4) is 0 Å². The lowest BCUT2D eigenvalue weighted by atomic mass is 9.86. The van der Waals surface area contributed by atoms with E-state index in [9.17, 15) is 0 Å². The summed E-state index contributed by atoms with van der Waals surface area (Å²) in [7, 11) is 2.14. The Bertz CT molecular complexity index is 382. The minimum absolute atomic E-state index is 0.239. The molecule has 1 aromatic rings. The summed E-state index contributed by atoms with van der Waals surface area (Å²) in [5.74, 6) is 0. The highest BCUT2D eigenvalue weighted by Crippen LogP contribution is 2.32. The van der Waals surface area contributed by atoms with Gasteiger partial charge in [-0.25, -0.2) is 0 Å². The Labute approximate surface area is 113 Å². The molecule has 0 saturated carbocycles. The van der Waals surface area contributed by atoms with Crippen LogP contribution in [0.2, 0.25) is 0 Å². The van der Waals surface area contributed by atoms with Crippen LogP contribution in [0.1, 0.15) is 33.3 Å². The lowest BCUT2D eigenvalue weighted by Gasteiger charge is -2.38. The van der Waals surface area contributed by atoms with Crippen LogP contribution in [-0.2, 0) is 6.54 Å². The average Bonchev–Trinajstić information content (AvgIpc) is 2.25. The van der Waals surface area contributed by atoms with Gasteiger partial charge in [-0.1, -0.05) is 42.8 Å². The van der Waals surface area contributed by atoms with Crippen molar-refractivity contribution >= 4 is 21.6 Å². The minimum Gasteiger partial charge on any atom is -0.371 e. The van der Waals surface area contributed by atoms with Crippen LogP contribution in [0.4, 0.5) is 5.69 Å². The van der Waals surface area contributed by atoms with Crippen molar-refractivity contribution in [3.63, 3.8) is 0 Å². The van der Waals surface area contributed by atoms with Crippen LogP contribution in [-0.4, -0.2) is 13.1 Å². The van der Waals surface area contributed by atoms with Crippen LogP contribution in [0.5, 0.6) is 0 Å². The second kappa shape index (κ2) is 5.40. The summed E-state index contributed by atoms with van der Waals surface area (Å²) >= 11 is 3.57.